The fraction of sp³-hybridized carbons (Fsp3) is 0.188. The highest BCUT2D eigenvalue weighted by atomic mass is 16.6. The molecule has 3 rings (SSSR count). The van der Waals surface area contributed by atoms with E-state index in [1.807, 2.05) is 0 Å². The van der Waals surface area contributed by atoms with Crippen molar-refractivity contribution in [3.8, 4) is 11.5 Å². The van der Waals surface area contributed by atoms with Crippen LogP contribution in [0.4, 0.5) is 11.4 Å². The molecule has 0 spiro atoms. The van der Waals surface area contributed by atoms with E-state index in [-0.39, 0.29) is 28.7 Å². The highest BCUT2D eigenvalue weighted by Crippen LogP contribution is 2.40. The number of carbonyl (C=O) groups is 1. The van der Waals surface area contributed by atoms with E-state index in [1.54, 1.807) is 31.3 Å². The zero-order valence-electron chi connectivity index (χ0n) is 13.0. The van der Waals surface area contributed by atoms with Crippen LogP contribution in [0, 0.1) is 10.1 Å². The minimum absolute atomic E-state index is 0.0945. The third-order valence-corrected chi connectivity index (χ3v) is 3.98. The Morgan fingerprint density at radius 2 is 2.04 bits per heavy atom. The quantitative estimate of drug-likeness (QED) is 0.662. The molecule has 2 N–H and O–H groups in total. The smallest absolute Gasteiger partial charge is 0.280 e. The van der Waals surface area contributed by atoms with E-state index in [1.165, 1.54) is 18.1 Å². The number of hydrogen-bond acceptors (Lipinski definition) is 6. The molecule has 8 heteroatoms. The molecule has 0 bridgehead atoms. The predicted octanol–water partition coefficient (Wildman–Crippen LogP) is 2.51. The predicted molar refractivity (Wildman–Crippen MR) is 86.2 cm³/mol. The van der Waals surface area contributed by atoms with Crippen molar-refractivity contribution in [3.63, 3.8) is 0 Å². The lowest BCUT2D eigenvalue weighted by Gasteiger charge is -2.35. The van der Waals surface area contributed by atoms with Crippen molar-refractivity contribution >= 4 is 17.3 Å². The first kappa shape index (κ1) is 15.6. The molecule has 1 atom stereocenters. The lowest BCUT2D eigenvalue weighted by Crippen LogP contribution is -2.40. The fourth-order valence-corrected chi connectivity index (χ4v) is 2.75. The van der Waals surface area contributed by atoms with Crippen LogP contribution in [-0.2, 0) is 0 Å². The van der Waals surface area contributed by atoms with Gasteiger partial charge >= 0.3 is 0 Å². The van der Waals surface area contributed by atoms with E-state index < -0.39 is 11.1 Å². The van der Waals surface area contributed by atoms with Gasteiger partial charge in [0, 0.05) is 12.7 Å². The van der Waals surface area contributed by atoms with Gasteiger partial charge in [-0.15, -0.1) is 0 Å². The summed E-state index contributed by atoms with van der Waals surface area (Å²) in [7, 11) is 2.90. The Balaban J connectivity index is 2.15. The van der Waals surface area contributed by atoms with Crippen molar-refractivity contribution in [3.05, 3.63) is 57.6 Å². The largest absolute Gasteiger partial charge is 0.504 e. The maximum Gasteiger partial charge on any atom is 0.280 e. The van der Waals surface area contributed by atoms with E-state index in [9.17, 15) is 20.0 Å². The molecule has 2 aromatic rings. The topological polar surface area (TPSA) is 105 Å². The summed E-state index contributed by atoms with van der Waals surface area (Å²) in [5, 5.41) is 24.3. The molecule has 0 aromatic heterocycles. The molecule has 1 aliphatic rings. The Hall–Kier alpha value is -3.29. The lowest BCUT2D eigenvalue weighted by atomic mass is 10.0. The van der Waals surface area contributed by atoms with Crippen LogP contribution >= 0.6 is 0 Å². The maximum atomic E-state index is 12.5. The number of amides is 1. The van der Waals surface area contributed by atoms with Crippen molar-refractivity contribution in [2.75, 3.05) is 19.5 Å². The Morgan fingerprint density at radius 1 is 1.33 bits per heavy atom. The number of nitrogens with zero attached hydrogens (tertiary/aromatic N) is 2. The SMILES string of the molecule is COc1cc([C@@H]2Nc3ccccc3C(=O)N2C)c([N+](=O)[O-])cc1O. The Labute approximate surface area is 137 Å². The zero-order valence-corrected chi connectivity index (χ0v) is 13.0. The van der Waals surface area contributed by atoms with Gasteiger partial charge in [-0.05, 0) is 18.2 Å². The Morgan fingerprint density at radius 3 is 2.71 bits per heavy atom. The number of anilines is 1. The molecule has 1 aliphatic heterocycles. The number of methoxy groups -OCH3 is 1. The number of nitro groups is 1. The standard InChI is InChI=1S/C16H15N3O5/c1-18-15(17-11-6-4-3-5-9(11)16(18)21)10-7-14(24-2)13(20)8-12(10)19(22)23/h3-8,15,17,20H,1-2H3/t15-/m1/s1. The van der Waals surface area contributed by atoms with Crippen molar-refractivity contribution in [2.45, 2.75) is 6.17 Å². The van der Waals surface area contributed by atoms with Gasteiger partial charge in [-0.25, -0.2) is 0 Å². The summed E-state index contributed by atoms with van der Waals surface area (Å²) in [4.78, 5) is 24.7. The molecular formula is C16H15N3O5. The molecular weight excluding hydrogens is 314 g/mol. The molecule has 0 aliphatic carbocycles. The summed E-state index contributed by atoms with van der Waals surface area (Å²) >= 11 is 0. The summed E-state index contributed by atoms with van der Waals surface area (Å²) in [6, 6.07) is 9.32. The fourth-order valence-electron chi connectivity index (χ4n) is 2.75. The van der Waals surface area contributed by atoms with E-state index in [0.29, 0.717) is 11.3 Å². The highest BCUT2D eigenvalue weighted by molar-refractivity contribution is 6.01. The van der Waals surface area contributed by atoms with Gasteiger partial charge in [-0.2, -0.15) is 0 Å². The van der Waals surface area contributed by atoms with Crippen molar-refractivity contribution in [2.24, 2.45) is 0 Å². The van der Waals surface area contributed by atoms with E-state index in [4.69, 9.17) is 4.74 Å². The molecule has 124 valence electrons. The Bertz CT molecular complexity index is 836. The average molecular weight is 329 g/mol. The number of carbonyl (C=O) groups excluding carboxylic acids is 1. The number of nitro benzene ring substituents is 1. The average Bonchev–Trinajstić information content (AvgIpc) is 2.58. The van der Waals surface area contributed by atoms with Crippen molar-refractivity contribution in [1.29, 1.82) is 0 Å². The van der Waals surface area contributed by atoms with E-state index in [2.05, 4.69) is 5.32 Å². The van der Waals surface area contributed by atoms with E-state index in [0.717, 1.165) is 6.07 Å². The third-order valence-electron chi connectivity index (χ3n) is 3.98. The molecule has 0 saturated carbocycles. The summed E-state index contributed by atoms with van der Waals surface area (Å²) in [5.41, 5.74) is 1.00. The number of nitrogens with one attached hydrogen (secondary N) is 1. The number of aromatic hydroxyl groups is 1. The van der Waals surface area contributed by atoms with Crippen LogP contribution in [0.3, 0.4) is 0 Å². The molecule has 0 saturated heterocycles. The number of ether oxygens (including phenoxy) is 1. The summed E-state index contributed by atoms with van der Waals surface area (Å²) in [6.45, 7) is 0. The van der Waals surface area contributed by atoms with Gasteiger partial charge in [-0.3, -0.25) is 14.9 Å². The normalized spacial score (nSPS) is 16.3. The number of phenols is 1. The van der Waals surface area contributed by atoms with Gasteiger partial charge in [0.1, 0.15) is 6.17 Å². The van der Waals surface area contributed by atoms with Crippen molar-refractivity contribution in [1.82, 2.24) is 4.90 Å². The van der Waals surface area contributed by atoms with Gasteiger partial charge in [-0.1, -0.05) is 12.1 Å². The molecule has 2 aromatic carbocycles. The Kier molecular flexibility index (Phi) is 3.72. The van der Waals surface area contributed by atoms with Crippen LogP contribution in [0.5, 0.6) is 11.5 Å². The lowest BCUT2D eigenvalue weighted by molar-refractivity contribution is -0.385. The first-order valence-electron chi connectivity index (χ1n) is 7.12. The van der Waals surface area contributed by atoms with Crippen LogP contribution in [0.2, 0.25) is 0 Å². The molecule has 24 heavy (non-hydrogen) atoms. The molecule has 0 fully saturated rings. The second kappa shape index (κ2) is 5.73. The van der Waals surface area contributed by atoms with Crippen LogP contribution in [0.25, 0.3) is 0 Å². The van der Waals surface area contributed by atoms with Crippen LogP contribution in [0.15, 0.2) is 36.4 Å². The van der Waals surface area contributed by atoms with Gasteiger partial charge in [0.2, 0.25) is 0 Å². The summed E-state index contributed by atoms with van der Waals surface area (Å²) in [6.07, 6.45) is -0.762. The number of benzene rings is 2. The minimum atomic E-state index is -0.762. The second-order valence-corrected chi connectivity index (χ2v) is 5.35. The minimum Gasteiger partial charge on any atom is -0.504 e. The van der Waals surface area contributed by atoms with Crippen molar-refractivity contribution < 1.29 is 19.6 Å². The monoisotopic (exact) mass is 329 g/mol. The van der Waals surface area contributed by atoms with Gasteiger partial charge < -0.3 is 20.1 Å². The maximum absolute atomic E-state index is 12.5. The molecule has 1 heterocycles. The van der Waals surface area contributed by atoms with Crippen LogP contribution in [0.1, 0.15) is 22.1 Å². The summed E-state index contributed by atoms with van der Waals surface area (Å²) < 4.78 is 5.04. The number of rotatable bonds is 3. The van der Waals surface area contributed by atoms with Crippen LogP contribution < -0.4 is 10.1 Å². The number of fused-ring (bicyclic) bond motifs is 1. The van der Waals surface area contributed by atoms with Gasteiger partial charge in [0.05, 0.1) is 29.2 Å². The molecule has 0 unspecified atom stereocenters. The zero-order chi connectivity index (χ0) is 17.4. The second-order valence-electron chi connectivity index (χ2n) is 5.35. The number of para-hydroxylation sites is 1. The number of hydrogen-bond donors (Lipinski definition) is 2. The highest BCUT2D eigenvalue weighted by Gasteiger charge is 2.35. The van der Waals surface area contributed by atoms with Gasteiger partial charge in [0.25, 0.3) is 11.6 Å². The first-order valence-corrected chi connectivity index (χ1v) is 7.12. The third kappa shape index (κ3) is 2.37. The van der Waals surface area contributed by atoms with Crippen LogP contribution in [-0.4, -0.2) is 35.0 Å². The molecule has 1 amide bonds. The molecule has 0 radical (unpaired) electrons. The first-order chi connectivity index (χ1) is 11.4. The summed E-state index contributed by atoms with van der Waals surface area (Å²) in [5.74, 6) is -0.495. The van der Waals surface area contributed by atoms with Gasteiger partial charge in [0.15, 0.2) is 11.5 Å². The molecule has 8 nitrogen and oxygen atoms in total. The van der Waals surface area contributed by atoms with E-state index >= 15 is 0 Å². The number of phenolic OH excluding ortho intramolecular Hbond substituents is 1.